The van der Waals surface area contributed by atoms with Crippen LogP contribution in [0.5, 0.6) is 0 Å². The minimum atomic E-state index is 0.275. The van der Waals surface area contributed by atoms with Crippen LogP contribution in [-0.2, 0) is 0 Å². The van der Waals surface area contributed by atoms with Gasteiger partial charge in [-0.1, -0.05) is 46.0 Å². The SMILES string of the molecule is CCCC1CCCC(CN)(N(C)C(C)CCC)CC1. The van der Waals surface area contributed by atoms with Gasteiger partial charge in [0.2, 0.25) is 0 Å². The summed E-state index contributed by atoms with van der Waals surface area (Å²) >= 11 is 0. The first-order chi connectivity index (χ1) is 9.09. The molecular formula is C17H36N2. The zero-order valence-corrected chi connectivity index (χ0v) is 13.8. The molecule has 3 unspecified atom stereocenters. The average Bonchev–Trinajstić information content (AvgIpc) is 2.62. The van der Waals surface area contributed by atoms with Crippen LogP contribution in [0.15, 0.2) is 0 Å². The highest BCUT2D eigenvalue weighted by atomic mass is 15.2. The lowest BCUT2D eigenvalue weighted by Crippen LogP contribution is -2.55. The lowest BCUT2D eigenvalue weighted by atomic mass is 9.86. The van der Waals surface area contributed by atoms with Gasteiger partial charge >= 0.3 is 0 Å². The van der Waals surface area contributed by atoms with E-state index in [9.17, 15) is 0 Å². The third-order valence-corrected chi connectivity index (χ3v) is 5.47. The van der Waals surface area contributed by atoms with Crippen LogP contribution in [-0.4, -0.2) is 30.1 Å². The van der Waals surface area contributed by atoms with Gasteiger partial charge in [0.1, 0.15) is 0 Å². The van der Waals surface area contributed by atoms with Gasteiger partial charge < -0.3 is 5.73 Å². The van der Waals surface area contributed by atoms with E-state index in [2.05, 4.69) is 32.7 Å². The molecule has 0 heterocycles. The summed E-state index contributed by atoms with van der Waals surface area (Å²) in [4.78, 5) is 2.62. The van der Waals surface area contributed by atoms with E-state index in [1.165, 1.54) is 57.8 Å². The Balaban J connectivity index is 2.68. The van der Waals surface area contributed by atoms with Gasteiger partial charge in [-0.2, -0.15) is 0 Å². The molecule has 1 aliphatic rings. The Hall–Kier alpha value is -0.0800. The van der Waals surface area contributed by atoms with Crippen LogP contribution in [0.25, 0.3) is 0 Å². The van der Waals surface area contributed by atoms with Gasteiger partial charge in [-0.15, -0.1) is 0 Å². The van der Waals surface area contributed by atoms with Crippen molar-refractivity contribution in [3.05, 3.63) is 0 Å². The zero-order chi connectivity index (χ0) is 14.3. The highest BCUT2D eigenvalue weighted by Crippen LogP contribution is 2.36. The molecule has 0 aromatic rings. The molecule has 3 atom stereocenters. The maximum atomic E-state index is 6.22. The molecule has 1 fully saturated rings. The summed E-state index contributed by atoms with van der Waals surface area (Å²) in [5.41, 5.74) is 6.50. The van der Waals surface area contributed by atoms with Gasteiger partial charge in [0.15, 0.2) is 0 Å². The highest BCUT2D eigenvalue weighted by Gasteiger charge is 2.37. The summed E-state index contributed by atoms with van der Waals surface area (Å²) in [5, 5.41) is 0. The van der Waals surface area contributed by atoms with E-state index in [0.717, 1.165) is 12.5 Å². The smallest absolute Gasteiger partial charge is 0.0331 e. The Morgan fingerprint density at radius 1 is 1.21 bits per heavy atom. The number of likely N-dealkylation sites (N-methyl/N-ethyl adjacent to an activating group) is 1. The molecule has 0 aromatic heterocycles. The van der Waals surface area contributed by atoms with Crippen LogP contribution in [0.2, 0.25) is 0 Å². The fraction of sp³-hybridized carbons (Fsp3) is 1.00. The minimum absolute atomic E-state index is 0.275. The van der Waals surface area contributed by atoms with Gasteiger partial charge in [-0.05, 0) is 45.6 Å². The van der Waals surface area contributed by atoms with Crippen molar-refractivity contribution in [3.8, 4) is 0 Å². The van der Waals surface area contributed by atoms with E-state index in [0.29, 0.717) is 6.04 Å². The monoisotopic (exact) mass is 268 g/mol. The molecule has 2 nitrogen and oxygen atoms in total. The number of nitrogens with two attached hydrogens (primary N) is 1. The lowest BCUT2D eigenvalue weighted by Gasteiger charge is -2.44. The van der Waals surface area contributed by atoms with Crippen LogP contribution in [0.3, 0.4) is 0 Å². The van der Waals surface area contributed by atoms with E-state index in [4.69, 9.17) is 5.73 Å². The molecule has 0 bridgehead atoms. The van der Waals surface area contributed by atoms with Crippen LogP contribution in [0.4, 0.5) is 0 Å². The molecule has 19 heavy (non-hydrogen) atoms. The molecule has 0 aromatic carbocycles. The van der Waals surface area contributed by atoms with Crippen molar-refractivity contribution in [2.75, 3.05) is 13.6 Å². The first-order valence-electron chi connectivity index (χ1n) is 8.52. The Labute approximate surface area is 121 Å². The second-order valence-corrected chi connectivity index (χ2v) is 6.76. The van der Waals surface area contributed by atoms with Gasteiger partial charge in [0, 0.05) is 18.1 Å². The Morgan fingerprint density at radius 3 is 2.53 bits per heavy atom. The van der Waals surface area contributed by atoms with E-state index < -0.39 is 0 Å². The summed E-state index contributed by atoms with van der Waals surface area (Å²) in [6, 6.07) is 0.663. The third kappa shape index (κ3) is 4.46. The normalized spacial score (nSPS) is 30.3. The van der Waals surface area contributed by atoms with Gasteiger partial charge in [0.05, 0.1) is 0 Å². The maximum Gasteiger partial charge on any atom is 0.0331 e. The third-order valence-electron chi connectivity index (χ3n) is 5.47. The Morgan fingerprint density at radius 2 is 1.95 bits per heavy atom. The van der Waals surface area contributed by atoms with Crippen LogP contribution in [0, 0.1) is 5.92 Å². The molecule has 1 aliphatic carbocycles. The number of hydrogen-bond donors (Lipinski definition) is 1. The molecule has 2 N–H and O–H groups in total. The number of hydrogen-bond acceptors (Lipinski definition) is 2. The molecule has 0 aliphatic heterocycles. The van der Waals surface area contributed by atoms with E-state index in [1.54, 1.807) is 0 Å². The number of nitrogens with zero attached hydrogens (tertiary/aromatic N) is 1. The maximum absolute atomic E-state index is 6.22. The molecule has 0 saturated heterocycles. The van der Waals surface area contributed by atoms with Crippen molar-refractivity contribution in [2.24, 2.45) is 11.7 Å². The molecule has 1 rings (SSSR count). The van der Waals surface area contributed by atoms with Crippen LogP contribution in [0.1, 0.15) is 78.6 Å². The predicted octanol–water partition coefficient (Wildman–Crippen LogP) is 4.18. The van der Waals surface area contributed by atoms with E-state index in [-0.39, 0.29) is 5.54 Å². The summed E-state index contributed by atoms with van der Waals surface area (Å²) in [7, 11) is 2.31. The summed E-state index contributed by atoms with van der Waals surface area (Å²) in [6.45, 7) is 7.80. The number of rotatable bonds is 7. The quantitative estimate of drug-likeness (QED) is 0.702. The molecule has 2 heteroatoms. The standard InChI is InChI=1S/C17H36N2/c1-5-8-15(3)19(4)17(14-18)12-7-10-16(9-6-2)11-13-17/h15-16H,5-14,18H2,1-4H3. The summed E-state index contributed by atoms with van der Waals surface area (Å²) in [5.74, 6) is 0.952. The molecule has 0 spiro atoms. The topological polar surface area (TPSA) is 29.3 Å². The van der Waals surface area contributed by atoms with Crippen LogP contribution < -0.4 is 5.73 Å². The minimum Gasteiger partial charge on any atom is -0.329 e. The molecule has 114 valence electrons. The van der Waals surface area contributed by atoms with Crippen molar-refractivity contribution < 1.29 is 0 Å². The summed E-state index contributed by atoms with van der Waals surface area (Å²) in [6.07, 6.45) is 12.1. The van der Waals surface area contributed by atoms with Crippen LogP contribution >= 0.6 is 0 Å². The second-order valence-electron chi connectivity index (χ2n) is 6.76. The van der Waals surface area contributed by atoms with E-state index in [1.807, 2.05) is 0 Å². The van der Waals surface area contributed by atoms with Gasteiger partial charge in [-0.25, -0.2) is 0 Å². The fourth-order valence-corrected chi connectivity index (χ4v) is 3.94. The van der Waals surface area contributed by atoms with E-state index >= 15 is 0 Å². The van der Waals surface area contributed by atoms with Gasteiger partial charge in [0.25, 0.3) is 0 Å². The highest BCUT2D eigenvalue weighted by molar-refractivity contribution is 4.94. The molecule has 1 saturated carbocycles. The average molecular weight is 268 g/mol. The van der Waals surface area contributed by atoms with Crippen molar-refractivity contribution in [3.63, 3.8) is 0 Å². The lowest BCUT2D eigenvalue weighted by molar-refractivity contribution is 0.0644. The van der Waals surface area contributed by atoms with Crippen molar-refractivity contribution in [1.82, 2.24) is 4.90 Å². The first-order valence-corrected chi connectivity index (χ1v) is 8.52. The molecule has 0 radical (unpaired) electrons. The predicted molar refractivity (Wildman–Crippen MR) is 85.4 cm³/mol. The van der Waals surface area contributed by atoms with Crippen molar-refractivity contribution in [2.45, 2.75) is 90.1 Å². The zero-order valence-electron chi connectivity index (χ0n) is 13.8. The first kappa shape index (κ1) is 17.0. The molecule has 0 amide bonds. The Kier molecular flexibility index (Phi) is 7.38. The molecular weight excluding hydrogens is 232 g/mol. The largest absolute Gasteiger partial charge is 0.329 e. The Bertz CT molecular complexity index is 241. The van der Waals surface area contributed by atoms with Crippen molar-refractivity contribution >= 4 is 0 Å². The van der Waals surface area contributed by atoms with Gasteiger partial charge in [-0.3, -0.25) is 4.90 Å². The second kappa shape index (κ2) is 8.26. The summed E-state index contributed by atoms with van der Waals surface area (Å²) < 4.78 is 0. The van der Waals surface area contributed by atoms with Crippen molar-refractivity contribution in [1.29, 1.82) is 0 Å². The fourth-order valence-electron chi connectivity index (χ4n) is 3.94.